The maximum Gasteiger partial charge on any atom is 0.194 e. The number of nitrogens with zero attached hydrogens (tertiary/aromatic N) is 3. The van der Waals surface area contributed by atoms with Crippen LogP contribution in [-0.4, -0.2) is 20.4 Å². The molecule has 0 heterocycles. The van der Waals surface area contributed by atoms with E-state index in [0.29, 0.717) is 0 Å². The zero-order chi connectivity index (χ0) is 43.7. The topological polar surface area (TPSA) is 64.3 Å². The van der Waals surface area contributed by atoms with E-state index in [4.69, 9.17) is 34.1 Å². The van der Waals surface area contributed by atoms with Crippen molar-refractivity contribution in [3.63, 3.8) is 0 Å². The molecule has 7 heteroatoms. The molecule has 0 saturated carbocycles. The molecule has 3 aromatic rings. The van der Waals surface area contributed by atoms with Crippen LogP contribution in [0, 0.1) is 19.7 Å². The molecule has 0 atom stereocenters. The summed E-state index contributed by atoms with van der Waals surface area (Å²) in [5.74, 6) is 0. The van der Waals surface area contributed by atoms with Crippen molar-refractivity contribution < 1.29 is 35.4 Å². The third kappa shape index (κ3) is 17.9. The fraction of sp³-hybridized carbons (Fsp3) is 0.500. The zero-order valence-corrected chi connectivity index (χ0v) is 39.8. The molecule has 3 rings (SSSR count). The summed E-state index contributed by atoms with van der Waals surface area (Å²) in [6.07, 6.45) is 0. The number of carbonyl (C=O) groups excluding carboxylic acids is 3. The summed E-state index contributed by atoms with van der Waals surface area (Å²) in [7, 11) is 0. The smallest absolute Gasteiger partial charge is 0.194 e. The van der Waals surface area contributed by atoms with Gasteiger partial charge in [0.05, 0.1) is 19.7 Å². The largest absolute Gasteiger partial charge is 0.545 e. The first-order valence-electron chi connectivity index (χ1n) is 17.8. The molecule has 0 aromatic heterocycles. The van der Waals surface area contributed by atoms with Crippen molar-refractivity contribution in [3.05, 3.63) is 122 Å². The van der Waals surface area contributed by atoms with Gasteiger partial charge < -0.3 is 14.4 Å². The summed E-state index contributed by atoms with van der Waals surface area (Å²) < 4.78 is 0. The van der Waals surface area contributed by atoms with Gasteiger partial charge in [0.15, 0.2) is 17.1 Å². The van der Waals surface area contributed by atoms with Crippen molar-refractivity contribution in [2.24, 2.45) is 0 Å². The third-order valence-corrected chi connectivity index (χ3v) is 8.29. The third-order valence-electron chi connectivity index (χ3n) is 8.29. The van der Waals surface area contributed by atoms with Crippen LogP contribution in [0.5, 0.6) is 0 Å². The molecule has 0 bridgehead atoms. The van der Waals surface area contributed by atoms with Crippen molar-refractivity contribution in [1.82, 2.24) is 0 Å². The van der Waals surface area contributed by atoms with Crippen LogP contribution in [0.25, 0.3) is 14.5 Å². The summed E-state index contributed by atoms with van der Waals surface area (Å²) in [5, 5.41) is 0. The van der Waals surface area contributed by atoms with Crippen molar-refractivity contribution in [2.45, 2.75) is 157 Å². The molecule has 0 aliphatic rings. The minimum Gasteiger partial charge on any atom is -0.545 e. The molecule has 0 aliphatic carbocycles. The molecule has 0 radical (unpaired) electrons. The molecule has 0 fully saturated rings. The molecular weight excluding hydrogens is 850 g/mol. The first-order valence-corrected chi connectivity index (χ1v) is 17.8. The van der Waals surface area contributed by atoms with Crippen molar-refractivity contribution in [3.8, 4) is 0 Å². The Morgan fingerprint density at radius 1 is 0.327 bits per heavy atom. The van der Waals surface area contributed by atoms with Gasteiger partial charge in [-0.3, -0.25) is 20.4 Å². The minimum absolute atomic E-state index is 0. The second-order valence-corrected chi connectivity index (χ2v) is 18.9. The summed E-state index contributed by atoms with van der Waals surface area (Å²) in [4.78, 5) is 34.5. The van der Waals surface area contributed by atoms with Gasteiger partial charge in [-0.1, -0.05) is 179 Å². The van der Waals surface area contributed by atoms with E-state index in [0.717, 1.165) is 50.4 Å². The van der Waals surface area contributed by atoms with E-state index in [1.807, 2.05) is 0 Å². The van der Waals surface area contributed by atoms with E-state index in [9.17, 15) is 0 Å². The fourth-order valence-corrected chi connectivity index (χ4v) is 5.62. The molecule has 0 saturated heterocycles. The molecule has 0 unspecified atom stereocenters. The number of benzene rings is 3. The summed E-state index contributed by atoms with van der Waals surface area (Å²) in [6.45, 7) is 70.8. The van der Waals surface area contributed by atoms with Gasteiger partial charge in [0.25, 0.3) is 0 Å². The van der Waals surface area contributed by atoms with Crippen LogP contribution in [0.2, 0.25) is 0 Å². The first-order chi connectivity index (χ1) is 24.5. The second kappa shape index (κ2) is 23.7. The van der Waals surface area contributed by atoms with Gasteiger partial charge in [0.2, 0.25) is 0 Å². The zero-order valence-electron chi connectivity index (χ0n) is 36.9. The van der Waals surface area contributed by atoms with E-state index in [-0.39, 0.29) is 53.6 Å². The molecular formula is C48H66N3O3W-3. The molecule has 0 amide bonds. The Balaban J connectivity index is -0.000000328. The van der Waals surface area contributed by atoms with Crippen molar-refractivity contribution in [1.29, 1.82) is 0 Å². The maximum absolute atomic E-state index is 7.75. The van der Waals surface area contributed by atoms with Gasteiger partial charge in [-0.15, -0.1) is 0 Å². The van der Waals surface area contributed by atoms with Gasteiger partial charge >= 0.3 is 0 Å². The van der Waals surface area contributed by atoms with Crippen LogP contribution in [0.1, 0.15) is 158 Å². The first kappa shape index (κ1) is 57.5. The van der Waals surface area contributed by atoms with Gasteiger partial charge in [0, 0.05) is 21.1 Å². The Morgan fingerprint density at radius 2 is 0.436 bits per heavy atom. The number of para-hydroxylation sites is 3. The van der Waals surface area contributed by atoms with Crippen LogP contribution >= 0.6 is 0 Å². The normalized spacial score (nSPS) is 11.0. The van der Waals surface area contributed by atoms with E-state index in [1.54, 1.807) is 0 Å². The predicted octanol–water partition coefficient (Wildman–Crippen LogP) is 13.7. The second-order valence-electron chi connectivity index (χ2n) is 18.9. The SMILES string of the molecule is [C-]#[N+]c1c(C(C)(C)C)cccc1C(C)(C)C.[C-]#[N+]c1c(C(C)(C)C)cccc1C(C)(C)C.[C-]#[N+]c1c(C(C)(C)C)cccc1C(C)(C)C.[CH-]=O.[CH-]=O.[CH-]=O.[W]. The van der Waals surface area contributed by atoms with Gasteiger partial charge in [0.1, 0.15) is 0 Å². The van der Waals surface area contributed by atoms with Gasteiger partial charge in [-0.05, 0) is 65.9 Å². The Hall–Kier alpha value is -4.17. The predicted molar refractivity (Wildman–Crippen MR) is 231 cm³/mol. The Labute approximate surface area is 350 Å². The van der Waals surface area contributed by atoms with Crippen LogP contribution in [0.3, 0.4) is 0 Å². The number of rotatable bonds is 0. The number of hydrogen-bond acceptors (Lipinski definition) is 3. The van der Waals surface area contributed by atoms with Crippen LogP contribution in [0.4, 0.5) is 17.1 Å². The van der Waals surface area contributed by atoms with Gasteiger partial charge in [-0.2, -0.15) is 0 Å². The average Bonchev–Trinajstić information content (AvgIpc) is 3.08. The molecule has 3 aromatic carbocycles. The molecule has 0 N–H and O–H groups in total. The maximum atomic E-state index is 7.75. The summed E-state index contributed by atoms with van der Waals surface area (Å²) in [6, 6.07) is 18.6. The van der Waals surface area contributed by atoms with Gasteiger partial charge in [-0.25, -0.2) is 14.5 Å². The van der Waals surface area contributed by atoms with E-state index in [1.165, 1.54) is 0 Å². The standard InChI is InChI=1S/3C15H21N.3CHO.W/c3*1-14(2,3)11-9-8-10-12(13(11)16-7)15(4,5)6;3*1-2;/h3*8-10H,1-6H3;3*1H;/q;;;3*-1;. The Kier molecular flexibility index (Phi) is 24.8. The van der Waals surface area contributed by atoms with Crippen LogP contribution in [-0.2, 0) is 67.9 Å². The quantitative estimate of drug-likeness (QED) is 0.167. The minimum atomic E-state index is 0. The van der Waals surface area contributed by atoms with E-state index in [2.05, 4.69) is 214 Å². The molecule has 55 heavy (non-hydrogen) atoms. The van der Waals surface area contributed by atoms with E-state index >= 15 is 0 Å². The van der Waals surface area contributed by atoms with Crippen LogP contribution in [0.15, 0.2) is 54.6 Å². The Bertz CT molecular complexity index is 1440. The van der Waals surface area contributed by atoms with E-state index < -0.39 is 0 Å². The van der Waals surface area contributed by atoms with Crippen LogP contribution < -0.4 is 0 Å². The summed E-state index contributed by atoms with van der Waals surface area (Å²) >= 11 is 0. The molecule has 0 aliphatic heterocycles. The van der Waals surface area contributed by atoms with Crippen molar-refractivity contribution in [2.75, 3.05) is 0 Å². The number of hydrogen-bond donors (Lipinski definition) is 0. The average molecular weight is 917 g/mol. The Morgan fingerprint density at radius 3 is 0.509 bits per heavy atom. The summed E-state index contributed by atoms with van der Waals surface area (Å²) in [5.41, 5.74) is 9.57. The molecule has 0 spiro atoms. The fourth-order valence-electron chi connectivity index (χ4n) is 5.62. The van der Waals surface area contributed by atoms with Crippen molar-refractivity contribution >= 4 is 37.4 Å². The molecule has 300 valence electrons. The molecule has 6 nitrogen and oxygen atoms in total. The monoisotopic (exact) mass is 916 g/mol.